The van der Waals surface area contributed by atoms with E-state index in [1.807, 2.05) is 0 Å². The van der Waals surface area contributed by atoms with E-state index in [1.165, 1.54) is 6.07 Å². The van der Waals surface area contributed by atoms with Crippen molar-refractivity contribution in [3.8, 4) is 5.75 Å². The average molecular weight is 243 g/mol. The van der Waals surface area contributed by atoms with Crippen molar-refractivity contribution in [2.75, 3.05) is 0 Å². The molecule has 0 aromatic heterocycles. The first-order valence-electron chi connectivity index (χ1n) is 5.07. The van der Waals surface area contributed by atoms with Gasteiger partial charge in [-0.05, 0) is 24.5 Å². The molecule has 0 fully saturated rings. The van der Waals surface area contributed by atoms with Gasteiger partial charge in [0.1, 0.15) is 5.75 Å². The van der Waals surface area contributed by atoms with Crippen molar-refractivity contribution in [2.24, 2.45) is 5.92 Å². The van der Waals surface area contributed by atoms with Crippen LogP contribution in [0, 0.1) is 12.8 Å². The van der Waals surface area contributed by atoms with Gasteiger partial charge in [-0.2, -0.15) is 0 Å². The number of phenolic OH excluding ortho intramolecular Hbond substituents is 1. The van der Waals surface area contributed by atoms with Crippen LogP contribution in [0.1, 0.15) is 30.9 Å². The molecule has 0 spiro atoms. The minimum atomic E-state index is -0.974. The maximum atomic E-state index is 11.2. The lowest BCUT2D eigenvalue weighted by molar-refractivity contribution is -0.139. The van der Waals surface area contributed by atoms with Crippen molar-refractivity contribution in [1.29, 1.82) is 0 Å². The molecule has 4 heteroatoms. The molecule has 2 N–H and O–H groups in total. The Morgan fingerprint density at radius 2 is 1.94 bits per heavy atom. The van der Waals surface area contributed by atoms with Gasteiger partial charge >= 0.3 is 5.97 Å². The van der Waals surface area contributed by atoms with E-state index in [2.05, 4.69) is 0 Å². The molecule has 16 heavy (non-hydrogen) atoms. The van der Waals surface area contributed by atoms with Gasteiger partial charge < -0.3 is 10.2 Å². The molecule has 0 aliphatic carbocycles. The smallest absolute Gasteiger partial charge is 0.311 e. The Hall–Kier alpha value is -1.22. The third kappa shape index (κ3) is 2.30. The SMILES string of the molecule is Cc1ccc(O)c(C(C(=O)O)C(C)C)c1Cl. The number of hydrogen-bond donors (Lipinski definition) is 2. The summed E-state index contributed by atoms with van der Waals surface area (Å²) in [5, 5.41) is 19.2. The summed E-state index contributed by atoms with van der Waals surface area (Å²) in [7, 11) is 0. The molecular formula is C12H15ClO3. The second-order valence-electron chi connectivity index (χ2n) is 4.19. The zero-order valence-corrected chi connectivity index (χ0v) is 10.2. The molecule has 88 valence electrons. The molecule has 0 saturated carbocycles. The fraction of sp³-hybridized carbons (Fsp3) is 0.417. The van der Waals surface area contributed by atoms with E-state index in [0.29, 0.717) is 10.6 Å². The summed E-state index contributed by atoms with van der Waals surface area (Å²) < 4.78 is 0. The summed E-state index contributed by atoms with van der Waals surface area (Å²) in [5.41, 5.74) is 1.07. The van der Waals surface area contributed by atoms with Gasteiger partial charge in [0, 0.05) is 5.56 Å². The first-order chi connectivity index (χ1) is 7.36. The molecule has 1 unspecified atom stereocenters. The van der Waals surface area contributed by atoms with Crippen molar-refractivity contribution >= 4 is 17.6 Å². The number of phenols is 1. The van der Waals surface area contributed by atoms with Crippen molar-refractivity contribution in [2.45, 2.75) is 26.7 Å². The summed E-state index contributed by atoms with van der Waals surface area (Å²) in [4.78, 5) is 11.2. The van der Waals surface area contributed by atoms with E-state index >= 15 is 0 Å². The number of benzene rings is 1. The van der Waals surface area contributed by atoms with Gasteiger partial charge in [0.05, 0.1) is 10.9 Å². The van der Waals surface area contributed by atoms with Gasteiger partial charge in [0.25, 0.3) is 0 Å². The van der Waals surface area contributed by atoms with Gasteiger partial charge in [-0.15, -0.1) is 0 Å². The predicted molar refractivity (Wildman–Crippen MR) is 63.1 cm³/mol. The number of aliphatic carboxylic acids is 1. The maximum Gasteiger partial charge on any atom is 0.311 e. The number of aryl methyl sites for hydroxylation is 1. The summed E-state index contributed by atoms with van der Waals surface area (Å²) in [5.74, 6) is -1.95. The second kappa shape index (κ2) is 4.74. The molecule has 0 aliphatic rings. The Kier molecular flexibility index (Phi) is 3.81. The Balaban J connectivity index is 3.40. The van der Waals surface area contributed by atoms with Crippen LogP contribution < -0.4 is 0 Å². The van der Waals surface area contributed by atoms with E-state index in [9.17, 15) is 9.90 Å². The number of aromatic hydroxyl groups is 1. The average Bonchev–Trinajstić information content (AvgIpc) is 2.17. The van der Waals surface area contributed by atoms with Crippen LogP contribution >= 0.6 is 11.6 Å². The van der Waals surface area contributed by atoms with Crippen LogP contribution in [0.15, 0.2) is 12.1 Å². The number of halogens is 1. The largest absolute Gasteiger partial charge is 0.508 e. The van der Waals surface area contributed by atoms with Crippen LogP contribution in [0.5, 0.6) is 5.75 Å². The highest BCUT2D eigenvalue weighted by molar-refractivity contribution is 6.32. The van der Waals surface area contributed by atoms with Crippen molar-refractivity contribution in [1.82, 2.24) is 0 Å². The molecule has 1 rings (SSSR count). The van der Waals surface area contributed by atoms with Crippen molar-refractivity contribution in [3.63, 3.8) is 0 Å². The Morgan fingerprint density at radius 1 is 1.38 bits per heavy atom. The highest BCUT2D eigenvalue weighted by Crippen LogP contribution is 2.38. The Labute approximate surface area is 99.7 Å². The molecule has 1 aromatic carbocycles. The molecule has 0 amide bonds. The van der Waals surface area contributed by atoms with E-state index in [-0.39, 0.29) is 11.7 Å². The van der Waals surface area contributed by atoms with Gasteiger partial charge in [-0.1, -0.05) is 31.5 Å². The zero-order valence-electron chi connectivity index (χ0n) is 9.49. The van der Waals surface area contributed by atoms with Crippen LogP contribution in [-0.2, 0) is 4.79 Å². The summed E-state index contributed by atoms with van der Waals surface area (Å²) in [6.45, 7) is 5.36. The normalized spacial score (nSPS) is 12.8. The first kappa shape index (κ1) is 12.8. The van der Waals surface area contributed by atoms with Crippen LogP contribution in [-0.4, -0.2) is 16.2 Å². The summed E-state index contributed by atoms with van der Waals surface area (Å²) >= 11 is 6.06. The minimum absolute atomic E-state index is 0.0586. The lowest BCUT2D eigenvalue weighted by atomic mass is 9.87. The number of carboxylic acid groups (broad SMARTS) is 1. The summed E-state index contributed by atoms with van der Waals surface area (Å²) in [6.07, 6.45) is 0. The van der Waals surface area contributed by atoms with Gasteiger partial charge in [0.15, 0.2) is 0 Å². The number of carbonyl (C=O) groups is 1. The van der Waals surface area contributed by atoms with Crippen molar-refractivity contribution < 1.29 is 15.0 Å². The fourth-order valence-electron chi connectivity index (χ4n) is 1.73. The predicted octanol–water partition coefficient (Wildman–Crippen LogP) is 3.18. The summed E-state index contributed by atoms with van der Waals surface area (Å²) in [6, 6.07) is 3.15. The molecule has 1 atom stereocenters. The molecule has 0 aliphatic heterocycles. The van der Waals surface area contributed by atoms with Crippen LogP contribution in [0.2, 0.25) is 5.02 Å². The van der Waals surface area contributed by atoms with Gasteiger partial charge in [0.2, 0.25) is 0 Å². The Morgan fingerprint density at radius 3 is 2.38 bits per heavy atom. The molecular weight excluding hydrogens is 228 g/mol. The molecule has 0 saturated heterocycles. The first-order valence-corrected chi connectivity index (χ1v) is 5.44. The number of rotatable bonds is 3. The monoisotopic (exact) mass is 242 g/mol. The minimum Gasteiger partial charge on any atom is -0.508 e. The third-order valence-corrected chi connectivity index (χ3v) is 3.10. The number of hydrogen-bond acceptors (Lipinski definition) is 2. The fourth-order valence-corrected chi connectivity index (χ4v) is 2.01. The van der Waals surface area contributed by atoms with Crippen molar-refractivity contribution in [3.05, 3.63) is 28.3 Å². The van der Waals surface area contributed by atoms with E-state index < -0.39 is 11.9 Å². The zero-order chi connectivity index (χ0) is 12.5. The second-order valence-corrected chi connectivity index (χ2v) is 4.57. The molecule has 0 radical (unpaired) electrons. The quantitative estimate of drug-likeness (QED) is 0.856. The van der Waals surface area contributed by atoms with E-state index in [0.717, 1.165) is 5.56 Å². The topological polar surface area (TPSA) is 57.5 Å². The number of carboxylic acids is 1. The van der Waals surface area contributed by atoms with Crippen LogP contribution in [0.3, 0.4) is 0 Å². The standard InChI is InChI=1S/C12H15ClO3/c1-6(2)9(12(15)16)10-8(14)5-4-7(3)11(10)13/h4-6,9,14H,1-3H3,(H,15,16). The van der Waals surface area contributed by atoms with E-state index in [4.69, 9.17) is 16.7 Å². The highest BCUT2D eigenvalue weighted by atomic mass is 35.5. The van der Waals surface area contributed by atoms with E-state index in [1.54, 1.807) is 26.8 Å². The Bertz CT molecular complexity index is 413. The lowest BCUT2D eigenvalue weighted by Crippen LogP contribution is -2.18. The van der Waals surface area contributed by atoms with Gasteiger partial charge in [-0.3, -0.25) is 4.79 Å². The van der Waals surface area contributed by atoms with Gasteiger partial charge in [-0.25, -0.2) is 0 Å². The molecule has 0 heterocycles. The van der Waals surface area contributed by atoms with Crippen LogP contribution in [0.25, 0.3) is 0 Å². The molecule has 0 bridgehead atoms. The maximum absolute atomic E-state index is 11.2. The highest BCUT2D eigenvalue weighted by Gasteiger charge is 2.29. The molecule has 3 nitrogen and oxygen atoms in total. The lowest BCUT2D eigenvalue weighted by Gasteiger charge is -2.20. The molecule has 1 aromatic rings. The third-order valence-electron chi connectivity index (χ3n) is 2.59. The van der Waals surface area contributed by atoms with Crippen LogP contribution in [0.4, 0.5) is 0 Å².